The predicted molar refractivity (Wildman–Crippen MR) is 116 cm³/mol. The van der Waals surface area contributed by atoms with E-state index in [1.54, 1.807) is 35.3 Å². The second-order valence-electron chi connectivity index (χ2n) is 7.18. The molecule has 0 aliphatic heterocycles. The quantitative estimate of drug-likeness (QED) is 0.501. The van der Waals surface area contributed by atoms with E-state index in [0.29, 0.717) is 28.0 Å². The van der Waals surface area contributed by atoms with E-state index in [1.165, 1.54) is 0 Å². The Kier molecular flexibility index (Phi) is 5.44. The highest BCUT2D eigenvalue weighted by Gasteiger charge is 2.17. The van der Waals surface area contributed by atoms with Crippen LogP contribution in [0.4, 0.5) is 5.69 Å². The molecule has 1 amide bonds. The fourth-order valence-corrected chi connectivity index (χ4v) is 3.24. The molecule has 0 atom stereocenters. The first-order chi connectivity index (χ1) is 14.9. The maximum Gasteiger partial charge on any atom is 0.338 e. The summed E-state index contributed by atoms with van der Waals surface area (Å²) in [5.74, 6) is -1.05. The fourth-order valence-electron chi connectivity index (χ4n) is 3.24. The van der Waals surface area contributed by atoms with Gasteiger partial charge in [0.1, 0.15) is 0 Å². The summed E-state index contributed by atoms with van der Waals surface area (Å²) in [5.41, 5.74) is 5.67. The van der Waals surface area contributed by atoms with Crippen LogP contribution in [0, 0.1) is 20.8 Å². The molecule has 0 aliphatic carbocycles. The second kappa shape index (κ2) is 8.35. The van der Waals surface area contributed by atoms with Crippen molar-refractivity contribution >= 4 is 28.6 Å². The fraction of sp³-hybridized carbons (Fsp3) is 0.174. The Bertz CT molecular complexity index is 1280. The normalized spacial score (nSPS) is 10.8. The van der Waals surface area contributed by atoms with Crippen LogP contribution < -0.4 is 5.32 Å². The number of carbonyl (C=O) groups is 2. The van der Waals surface area contributed by atoms with Crippen LogP contribution in [0.5, 0.6) is 0 Å². The van der Waals surface area contributed by atoms with Crippen molar-refractivity contribution in [3.05, 3.63) is 77.4 Å². The Labute approximate surface area is 178 Å². The van der Waals surface area contributed by atoms with Crippen molar-refractivity contribution in [1.29, 1.82) is 0 Å². The van der Waals surface area contributed by atoms with Gasteiger partial charge in [-0.25, -0.2) is 9.48 Å². The lowest BCUT2D eigenvalue weighted by Gasteiger charge is -2.08. The third-order valence-electron chi connectivity index (χ3n) is 4.87. The largest absolute Gasteiger partial charge is 0.452 e. The lowest BCUT2D eigenvalue weighted by molar-refractivity contribution is -0.119. The number of anilines is 1. The number of rotatable bonds is 5. The number of carbonyl (C=O) groups excluding carboxylic acids is 2. The van der Waals surface area contributed by atoms with Gasteiger partial charge in [0.15, 0.2) is 6.61 Å². The maximum absolute atomic E-state index is 12.4. The number of amides is 1. The van der Waals surface area contributed by atoms with Gasteiger partial charge in [0.25, 0.3) is 5.91 Å². The van der Waals surface area contributed by atoms with E-state index in [2.05, 4.69) is 20.4 Å². The molecular formula is C23H21N5O3. The van der Waals surface area contributed by atoms with Crippen LogP contribution in [-0.2, 0) is 9.53 Å². The Balaban J connectivity index is 1.42. The summed E-state index contributed by atoms with van der Waals surface area (Å²) >= 11 is 0. The molecule has 0 spiro atoms. The Morgan fingerprint density at radius 1 is 0.968 bits per heavy atom. The molecule has 0 radical (unpaired) electrons. The minimum atomic E-state index is -0.605. The second-order valence-corrected chi connectivity index (χ2v) is 7.18. The van der Waals surface area contributed by atoms with Crippen LogP contribution in [0.25, 0.3) is 16.7 Å². The van der Waals surface area contributed by atoms with Crippen molar-refractivity contribution in [3.8, 4) is 5.69 Å². The Hall–Kier alpha value is -4.07. The molecule has 4 aromatic rings. The molecule has 2 heterocycles. The van der Waals surface area contributed by atoms with Gasteiger partial charge in [-0.1, -0.05) is 17.7 Å². The van der Waals surface area contributed by atoms with Crippen LogP contribution in [0.3, 0.4) is 0 Å². The van der Waals surface area contributed by atoms with Crippen molar-refractivity contribution < 1.29 is 14.3 Å². The first-order valence-electron chi connectivity index (χ1n) is 9.73. The smallest absolute Gasteiger partial charge is 0.338 e. The van der Waals surface area contributed by atoms with Gasteiger partial charge in [0.2, 0.25) is 0 Å². The number of fused-ring (bicyclic) bond motifs is 1. The number of ether oxygens (including phenoxy) is 1. The molecule has 8 nitrogen and oxygen atoms in total. The zero-order valence-corrected chi connectivity index (χ0v) is 17.4. The lowest BCUT2D eigenvalue weighted by Crippen LogP contribution is -2.21. The predicted octanol–water partition coefficient (Wildman–Crippen LogP) is 3.54. The molecule has 0 unspecified atom stereocenters. The van der Waals surface area contributed by atoms with Crippen LogP contribution in [0.15, 0.2) is 54.9 Å². The molecular weight excluding hydrogens is 394 g/mol. The molecule has 2 aromatic heterocycles. The number of hydrogen-bond acceptors (Lipinski definition) is 6. The van der Waals surface area contributed by atoms with Gasteiger partial charge < -0.3 is 10.1 Å². The van der Waals surface area contributed by atoms with Crippen LogP contribution in [-0.4, -0.2) is 38.2 Å². The van der Waals surface area contributed by atoms with E-state index in [-0.39, 0.29) is 0 Å². The third-order valence-corrected chi connectivity index (χ3v) is 4.87. The summed E-state index contributed by atoms with van der Waals surface area (Å²) in [5, 5.41) is 7.31. The van der Waals surface area contributed by atoms with E-state index in [4.69, 9.17) is 4.74 Å². The summed E-state index contributed by atoms with van der Waals surface area (Å²) in [6.45, 7) is 5.29. The maximum atomic E-state index is 12.4. The molecule has 0 aliphatic rings. The number of nitrogens with one attached hydrogen (secondary N) is 1. The highest BCUT2D eigenvalue weighted by Crippen LogP contribution is 2.23. The van der Waals surface area contributed by atoms with Crippen molar-refractivity contribution in [3.63, 3.8) is 0 Å². The number of aryl methyl sites for hydroxylation is 2. The van der Waals surface area contributed by atoms with Gasteiger partial charge in [-0.2, -0.15) is 5.10 Å². The molecule has 0 bridgehead atoms. The first kappa shape index (κ1) is 20.2. The monoisotopic (exact) mass is 415 g/mol. The van der Waals surface area contributed by atoms with E-state index in [0.717, 1.165) is 16.9 Å². The standard InChI is InChI=1S/C23H21N5O3/c1-14-4-7-18(8-5-14)28-16(3)22(15(2)27-28)26-21(29)13-31-23(30)17-6-9-19-20(12-17)25-11-10-24-19/h4-12H,13H2,1-3H3,(H,26,29). The summed E-state index contributed by atoms with van der Waals surface area (Å²) in [4.78, 5) is 33.1. The minimum absolute atomic E-state index is 0.306. The highest BCUT2D eigenvalue weighted by molar-refractivity contribution is 5.97. The van der Waals surface area contributed by atoms with E-state index >= 15 is 0 Å². The van der Waals surface area contributed by atoms with Crippen molar-refractivity contribution in [1.82, 2.24) is 19.7 Å². The molecule has 1 N–H and O–H groups in total. The zero-order valence-electron chi connectivity index (χ0n) is 17.4. The number of benzene rings is 2. The minimum Gasteiger partial charge on any atom is -0.452 e. The molecule has 0 fully saturated rings. The Morgan fingerprint density at radius 2 is 1.68 bits per heavy atom. The van der Waals surface area contributed by atoms with Crippen LogP contribution in [0.2, 0.25) is 0 Å². The molecule has 4 rings (SSSR count). The number of aromatic nitrogens is 4. The SMILES string of the molecule is Cc1ccc(-n2nc(C)c(NC(=O)COC(=O)c3ccc4nccnc4c3)c2C)cc1. The molecule has 31 heavy (non-hydrogen) atoms. The van der Waals surface area contributed by atoms with Crippen LogP contribution in [0.1, 0.15) is 27.3 Å². The van der Waals surface area contributed by atoms with E-state index in [1.807, 2.05) is 45.0 Å². The molecule has 8 heteroatoms. The van der Waals surface area contributed by atoms with Gasteiger partial charge in [0.05, 0.1) is 39.4 Å². The molecule has 156 valence electrons. The summed E-state index contributed by atoms with van der Waals surface area (Å²) < 4.78 is 6.94. The van der Waals surface area contributed by atoms with Crippen molar-refractivity contribution in [2.75, 3.05) is 11.9 Å². The van der Waals surface area contributed by atoms with Gasteiger partial charge >= 0.3 is 5.97 Å². The summed E-state index contributed by atoms with van der Waals surface area (Å²) in [6.07, 6.45) is 3.13. The average Bonchev–Trinajstić information content (AvgIpc) is 3.06. The van der Waals surface area contributed by atoms with Gasteiger partial charge in [0, 0.05) is 12.4 Å². The van der Waals surface area contributed by atoms with Crippen molar-refractivity contribution in [2.45, 2.75) is 20.8 Å². The summed E-state index contributed by atoms with van der Waals surface area (Å²) in [7, 11) is 0. The van der Waals surface area contributed by atoms with E-state index in [9.17, 15) is 9.59 Å². The van der Waals surface area contributed by atoms with Gasteiger partial charge in [-0.15, -0.1) is 0 Å². The topological polar surface area (TPSA) is 99.0 Å². The Morgan fingerprint density at radius 3 is 2.42 bits per heavy atom. The lowest BCUT2D eigenvalue weighted by atomic mass is 10.2. The zero-order chi connectivity index (χ0) is 22.0. The third kappa shape index (κ3) is 4.28. The molecule has 2 aromatic carbocycles. The first-order valence-corrected chi connectivity index (χ1v) is 9.73. The number of nitrogens with zero attached hydrogens (tertiary/aromatic N) is 4. The summed E-state index contributed by atoms with van der Waals surface area (Å²) in [6, 6.07) is 12.8. The number of hydrogen-bond donors (Lipinski definition) is 1. The molecule has 0 saturated heterocycles. The van der Waals surface area contributed by atoms with Gasteiger partial charge in [-0.05, 0) is 51.1 Å². The number of esters is 1. The van der Waals surface area contributed by atoms with Gasteiger partial charge in [-0.3, -0.25) is 14.8 Å². The molecule has 0 saturated carbocycles. The van der Waals surface area contributed by atoms with Crippen molar-refractivity contribution in [2.24, 2.45) is 0 Å². The van der Waals surface area contributed by atoms with E-state index < -0.39 is 18.5 Å². The highest BCUT2D eigenvalue weighted by atomic mass is 16.5. The van der Waals surface area contributed by atoms with Crippen LogP contribution >= 0.6 is 0 Å². The average molecular weight is 415 g/mol.